The monoisotopic (exact) mass is 427 g/mol. The number of hydrogen-bond acceptors (Lipinski definition) is 4. The third-order valence-electron chi connectivity index (χ3n) is 3.91. The summed E-state index contributed by atoms with van der Waals surface area (Å²) in [7, 11) is 1.51. The number of hydrogen-bond donors (Lipinski definition) is 1. The van der Waals surface area contributed by atoms with E-state index in [9.17, 15) is 9.90 Å². The smallest absolute Gasteiger partial charge is 0.185 e. The van der Waals surface area contributed by atoms with Crippen LogP contribution in [0.3, 0.4) is 0 Å². The first kappa shape index (κ1) is 20.5. The van der Waals surface area contributed by atoms with Gasteiger partial charge in [0.2, 0.25) is 0 Å². The molecule has 0 aliphatic heterocycles. The molecule has 0 aromatic heterocycles. The zero-order valence-electron chi connectivity index (χ0n) is 15.2. The van der Waals surface area contributed by atoms with E-state index in [1.54, 1.807) is 18.2 Å². The van der Waals surface area contributed by atoms with E-state index in [2.05, 4.69) is 34.0 Å². The second kappa shape index (κ2) is 9.78. The molecule has 0 bridgehead atoms. The lowest BCUT2D eigenvalue weighted by Crippen LogP contribution is -2.23. The van der Waals surface area contributed by atoms with E-state index < -0.39 is 0 Å². The van der Waals surface area contributed by atoms with Gasteiger partial charge in [-0.2, -0.15) is 0 Å². The van der Waals surface area contributed by atoms with Gasteiger partial charge in [-0.05, 0) is 46.3 Å². The third kappa shape index (κ3) is 5.34. The van der Waals surface area contributed by atoms with Crippen molar-refractivity contribution in [3.63, 3.8) is 0 Å². The average molecular weight is 428 g/mol. The largest absolute Gasteiger partial charge is 0.507 e. The Bertz CT molecular complexity index is 864. The van der Waals surface area contributed by atoms with Crippen LogP contribution in [0.1, 0.15) is 15.9 Å². The molecule has 0 fully saturated rings. The first-order valence-electron chi connectivity index (χ1n) is 8.35. The Hall–Kier alpha value is -2.79. The van der Waals surface area contributed by atoms with Crippen LogP contribution < -0.4 is 9.64 Å². The lowest BCUT2D eigenvalue weighted by atomic mass is 10.1. The van der Waals surface area contributed by atoms with E-state index >= 15 is 0 Å². The molecule has 0 amide bonds. The summed E-state index contributed by atoms with van der Waals surface area (Å²) < 4.78 is 5.78. The van der Waals surface area contributed by atoms with Gasteiger partial charge in [-0.15, -0.1) is 13.2 Å². The predicted molar refractivity (Wildman–Crippen MR) is 115 cm³/mol. The van der Waals surface area contributed by atoms with Gasteiger partial charge >= 0.3 is 0 Å². The molecule has 2 rings (SSSR count). The van der Waals surface area contributed by atoms with Crippen molar-refractivity contribution >= 4 is 33.5 Å². The molecule has 1 N–H and O–H groups in total. The van der Waals surface area contributed by atoms with Crippen molar-refractivity contribution in [3.05, 3.63) is 83.4 Å². The normalized spacial score (nSPS) is 10.6. The number of allylic oxidation sites excluding steroid dienone is 1. The number of carbonyl (C=O) groups excluding carboxylic acids is 1. The Kier molecular flexibility index (Phi) is 7.44. The van der Waals surface area contributed by atoms with Crippen LogP contribution in [0, 0.1) is 0 Å². The number of rotatable bonds is 9. The molecule has 2 aromatic carbocycles. The maximum atomic E-state index is 12.6. The molecule has 0 radical (unpaired) electrons. The SMILES string of the molecule is C=CCN(CC=C)c1cccc(C(=O)/C=C/c2cc(Br)c(O)cc2OC)c1. The van der Waals surface area contributed by atoms with Crippen molar-refractivity contribution in [2.75, 3.05) is 25.1 Å². The van der Waals surface area contributed by atoms with Crippen LogP contribution in [0.15, 0.2) is 72.3 Å². The van der Waals surface area contributed by atoms with Gasteiger partial charge in [0.05, 0.1) is 11.6 Å². The average Bonchev–Trinajstić information content (AvgIpc) is 2.68. The van der Waals surface area contributed by atoms with E-state index in [1.807, 2.05) is 30.4 Å². The van der Waals surface area contributed by atoms with Gasteiger partial charge in [0.1, 0.15) is 11.5 Å². The van der Waals surface area contributed by atoms with Crippen LogP contribution in [-0.4, -0.2) is 31.1 Å². The van der Waals surface area contributed by atoms with Crippen molar-refractivity contribution < 1.29 is 14.6 Å². The molecule has 0 aliphatic rings. The van der Waals surface area contributed by atoms with Crippen molar-refractivity contribution in [1.82, 2.24) is 0 Å². The number of ether oxygens (including phenoxy) is 1. The number of phenols is 1. The first-order chi connectivity index (χ1) is 13.0. The molecule has 2 aromatic rings. The second-order valence-electron chi connectivity index (χ2n) is 5.78. The summed E-state index contributed by atoms with van der Waals surface area (Å²) in [5, 5.41) is 9.74. The van der Waals surface area contributed by atoms with Crippen LogP contribution in [0.4, 0.5) is 5.69 Å². The number of halogens is 1. The molecule has 4 nitrogen and oxygen atoms in total. The number of phenolic OH excluding ortho intramolecular Hbond substituents is 1. The van der Waals surface area contributed by atoms with E-state index in [-0.39, 0.29) is 11.5 Å². The highest BCUT2D eigenvalue weighted by Crippen LogP contribution is 2.32. The highest BCUT2D eigenvalue weighted by Gasteiger charge is 2.09. The third-order valence-corrected chi connectivity index (χ3v) is 4.54. The van der Waals surface area contributed by atoms with Crippen LogP contribution in [0.2, 0.25) is 0 Å². The Morgan fingerprint density at radius 1 is 1.22 bits per heavy atom. The molecular formula is C22H22BrNO3. The summed E-state index contributed by atoms with van der Waals surface area (Å²) in [5.41, 5.74) is 2.20. The van der Waals surface area contributed by atoms with Crippen LogP contribution in [0.25, 0.3) is 6.08 Å². The Morgan fingerprint density at radius 3 is 2.56 bits per heavy atom. The van der Waals surface area contributed by atoms with Crippen molar-refractivity contribution in [1.29, 1.82) is 0 Å². The van der Waals surface area contributed by atoms with E-state index in [1.165, 1.54) is 19.3 Å². The first-order valence-corrected chi connectivity index (χ1v) is 9.15. The van der Waals surface area contributed by atoms with Gasteiger partial charge in [0.25, 0.3) is 0 Å². The molecule has 5 heteroatoms. The van der Waals surface area contributed by atoms with Gasteiger partial charge in [-0.1, -0.05) is 24.3 Å². The van der Waals surface area contributed by atoms with Gasteiger partial charge in [-0.3, -0.25) is 4.79 Å². The van der Waals surface area contributed by atoms with Crippen LogP contribution >= 0.6 is 15.9 Å². The number of aromatic hydroxyl groups is 1. The van der Waals surface area contributed by atoms with Crippen molar-refractivity contribution in [2.45, 2.75) is 0 Å². The van der Waals surface area contributed by atoms with E-state index in [4.69, 9.17) is 4.74 Å². The fraction of sp³-hybridized carbons (Fsp3) is 0.136. The minimum Gasteiger partial charge on any atom is -0.507 e. The number of carbonyl (C=O) groups is 1. The Labute approximate surface area is 168 Å². The molecule has 0 saturated heterocycles. The molecule has 0 aliphatic carbocycles. The van der Waals surface area contributed by atoms with Gasteiger partial charge in [0, 0.05) is 36.0 Å². The molecule has 0 atom stereocenters. The maximum absolute atomic E-state index is 12.6. The minimum absolute atomic E-state index is 0.0764. The topological polar surface area (TPSA) is 49.8 Å². The summed E-state index contributed by atoms with van der Waals surface area (Å²) in [4.78, 5) is 14.7. The maximum Gasteiger partial charge on any atom is 0.185 e. The van der Waals surface area contributed by atoms with E-state index in [0.717, 1.165) is 5.69 Å². The van der Waals surface area contributed by atoms with Crippen LogP contribution in [-0.2, 0) is 0 Å². The van der Waals surface area contributed by atoms with Gasteiger partial charge < -0.3 is 14.7 Å². The quantitative estimate of drug-likeness (QED) is 0.337. The molecule has 27 heavy (non-hydrogen) atoms. The highest BCUT2D eigenvalue weighted by molar-refractivity contribution is 9.10. The summed E-state index contributed by atoms with van der Waals surface area (Å²) in [6.07, 6.45) is 6.79. The number of benzene rings is 2. The molecule has 0 saturated carbocycles. The Morgan fingerprint density at radius 2 is 1.93 bits per heavy atom. The number of nitrogens with zero attached hydrogens (tertiary/aromatic N) is 1. The highest BCUT2D eigenvalue weighted by atomic mass is 79.9. The fourth-order valence-electron chi connectivity index (χ4n) is 2.58. The lowest BCUT2D eigenvalue weighted by molar-refractivity contribution is 0.104. The van der Waals surface area contributed by atoms with Crippen molar-refractivity contribution in [3.8, 4) is 11.5 Å². The predicted octanol–water partition coefficient (Wildman–Crippen LogP) is 5.24. The standard InChI is InChI=1S/C22H22BrNO3/c1-4-11-24(12-5-2)18-8-6-7-16(13-18)20(25)10-9-17-14-19(23)21(26)15-22(17)27-3/h4-10,13-15,26H,1-2,11-12H2,3H3/b10-9+. The van der Waals surface area contributed by atoms with Gasteiger partial charge in [-0.25, -0.2) is 0 Å². The van der Waals surface area contributed by atoms with Crippen LogP contribution in [0.5, 0.6) is 11.5 Å². The zero-order valence-corrected chi connectivity index (χ0v) is 16.8. The molecule has 140 valence electrons. The summed E-state index contributed by atoms with van der Waals surface area (Å²) in [5.74, 6) is 0.435. The summed E-state index contributed by atoms with van der Waals surface area (Å²) >= 11 is 3.27. The van der Waals surface area contributed by atoms with Crippen molar-refractivity contribution in [2.24, 2.45) is 0 Å². The Balaban J connectivity index is 2.27. The number of methoxy groups -OCH3 is 1. The van der Waals surface area contributed by atoms with Gasteiger partial charge in [0.15, 0.2) is 5.78 Å². The molecule has 0 heterocycles. The summed E-state index contributed by atoms with van der Waals surface area (Å²) in [6.45, 7) is 8.87. The summed E-state index contributed by atoms with van der Waals surface area (Å²) in [6, 6.07) is 10.6. The second-order valence-corrected chi connectivity index (χ2v) is 6.63. The lowest BCUT2D eigenvalue weighted by Gasteiger charge is -2.21. The van der Waals surface area contributed by atoms with E-state index in [0.29, 0.717) is 34.4 Å². The molecular weight excluding hydrogens is 406 g/mol. The number of ketones is 1. The number of anilines is 1. The fourth-order valence-corrected chi connectivity index (χ4v) is 2.94. The zero-order chi connectivity index (χ0) is 19.8. The molecule has 0 unspecified atom stereocenters. The molecule has 0 spiro atoms. The minimum atomic E-state index is -0.125.